The highest BCUT2D eigenvalue weighted by molar-refractivity contribution is 5.50. The third kappa shape index (κ3) is 3.01. The quantitative estimate of drug-likeness (QED) is 0.853. The minimum atomic E-state index is -0.451. The highest BCUT2D eigenvalue weighted by atomic mass is 19.1. The highest BCUT2D eigenvalue weighted by Gasteiger charge is 2.26. The van der Waals surface area contributed by atoms with Crippen LogP contribution in [0.2, 0.25) is 0 Å². The molecule has 0 bridgehead atoms. The van der Waals surface area contributed by atoms with Crippen molar-refractivity contribution in [2.45, 2.75) is 45.6 Å². The molecule has 2 rings (SSSR count). The average Bonchev–Trinajstić information content (AvgIpc) is 2.34. The second-order valence-electron chi connectivity index (χ2n) is 5.89. The Morgan fingerprint density at radius 3 is 2.61 bits per heavy atom. The SMILES string of the molecule is CC1(C)CCC(Nc2ccc(F)c(C#N)c2)CC1. The molecule has 0 radical (unpaired) electrons. The molecule has 1 aromatic carbocycles. The molecule has 0 atom stereocenters. The van der Waals surface area contributed by atoms with E-state index in [2.05, 4.69) is 19.2 Å². The molecule has 1 N–H and O–H groups in total. The molecule has 1 aliphatic rings. The third-order valence-corrected chi connectivity index (χ3v) is 3.80. The van der Waals surface area contributed by atoms with Crippen LogP contribution in [0.4, 0.5) is 10.1 Å². The molecule has 2 nitrogen and oxygen atoms in total. The molecular formula is C15H19FN2. The Labute approximate surface area is 108 Å². The molecule has 0 aromatic heterocycles. The second-order valence-corrected chi connectivity index (χ2v) is 5.89. The topological polar surface area (TPSA) is 35.8 Å². The lowest BCUT2D eigenvalue weighted by Gasteiger charge is -2.35. The van der Waals surface area contributed by atoms with Crippen molar-refractivity contribution in [3.63, 3.8) is 0 Å². The van der Waals surface area contributed by atoms with Crippen LogP contribution in [0.15, 0.2) is 18.2 Å². The van der Waals surface area contributed by atoms with Crippen LogP contribution >= 0.6 is 0 Å². The Hall–Kier alpha value is -1.56. The normalized spacial score (nSPS) is 19.2. The van der Waals surface area contributed by atoms with Crippen molar-refractivity contribution in [1.82, 2.24) is 0 Å². The maximum Gasteiger partial charge on any atom is 0.141 e. The molecule has 1 aromatic rings. The molecule has 0 saturated heterocycles. The summed E-state index contributed by atoms with van der Waals surface area (Å²) in [7, 11) is 0. The Balaban J connectivity index is 2.01. The van der Waals surface area contributed by atoms with E-state index in [1.807, 2.05) is 6.07 Å². The van der Waals surface area contributed by atoms with E-state index in [9.17, 15) is 4.39 Å². The minimum Gasteiger partial charge on any atom is -0.382 e. The predicted octanol–water partition coefficient (Wildman–Crippen LogP) is 4.08. The van der Waals surface area contributed by atoms with Crippen LogP contribution in [-0.2, 0) is 0 Å². The highest BCUT2D eigenvalue weighted by Crippen LogP contribution is 2.36. The third-order valence-electron chi connectivity index (χ3n) is 3.80. The molecular weight excluding hydrogens is 227 g/mol. The molecule has 1 aliphatic carbocycles. The van der Waals surface area contributed by atoms with Gasteiger partial charge in [0.2, 0.25) is 0 Å². The van der Waals surface area contributed by atoms with Gasteiger partial charge in [0.05, 0.1) is 5.56 Å². The Bertz CT molecular complexity index is 464. The molecule has 0 unspecified atom stereocenters. The number of rotatable bonds is 2. The van der Waals surface area contributed by atoms with Crippen molar-refractivity contribution >= 4 is 5.69 Å². The minimum absolute atomic E-state index is 0.108. The van der Waals surface area contributed by atoms with Crippen molar-refractivity contribution in [3.8, 4) is 6.07 Å². The van der Waals surface area contributed by atoms with Gasteiger partial charge in [-0.25, -0.2) is 4.39 Å². The van der Waals surface area contributed by atoms with Gasteiger partial charge in [0, 0.05) is 11.7 Å². The number of halogens is 1. The summed E-state index contributed by atoms with van der Waals surface area (Å²) in [5.74, 6) is -0.451. The van der Waals surface area contributed by atoms with Gasteiger partial charge in [-0.2, -0.15) is 5.26 Å². The summed E-state index contributed by atoms with van der Waals surface area (Å²) >= 11 is 0. The van der Waals surface area contributed by atoms with Crippen molar-refractivity contribution in [3.05, 3.63) is 29.6 Å². The Kier molecular flexibility index (Phi) is 3.56. The predicted molar refractivity (Wildman–Crippen MR) is 70.8 cm³/mol. The maximum absolute atomic E-state index is 13.2. The molecule has 3 heteroatoms. The van der Waals surface area contributed by atoms with E-state index in [4.69, 9.17) is 5.26 Å². The van der Waals surface area contributed by atoms with Crippen LogP contribution in [0, 0.1) is 22.6 Å². The number of anilines is 1. The van der Waals surface area contributed by atoms with Crippen LogP contribution in [0.3, 0.4) is 0 Å². The van der Waals surface area contributed by atoms with Gasteiger partial charge in [-0.15, -0.1) is 0 Å². The molecule has 0 spiro atoms. The van der Waals surface area contributed by atoms with Gasteiger partial charge in [0.15, 0.2) is 0 Å². The van der Waals surface area contributed by atoms with Crippen molar-refractivity contribution in [2.24, 2.45) is 5.41 Å². The number of hydrogen-bond acceptors (Lipinski definition) is 2. The number of nitrogens with one attached hydrogen (secondary N) is 1. The first kappa shape index (κ1) is 12.9. The molecule has 0 aliphatic heterocycles. The molecule has 0 heterocycles. The summed E-state index contributed by atoms with van der Waals surface area (Å²) in [6.07, 6.45) is 4.67. The molecule has 0 amide bonds. The number of nitriles is 1. The number of benzene rings is 1. The summed E-state index contributed by atoms with van der Waals surface area (Å²) < 4.78 is 13.2. The zero-order valence-electron chi connectivity index (χ0n) is 11.0. The number of hydrogen-bond donors (Lipinski definition) is 1. The molecule has 18 heavy (non-hydrogen) atoms. The van der Waals surface area contributed by atoms with E-state index >= 15 is 0 Å². The van der Waals surface area contributed by atoms with E-state index in [1.54, 1.807) is 12.1 Å². The van der Waals surface area contributed by atoms with E-state index < -0.39 is 5.82 Å². The number of nitrogens with zero attached hydrogens (tertiary/aromatic N) is 1. The summed E-state index contributed by atoms with van der Waals surface area (Å²) in [6, 6.07) is 6.96. The van der Waals surface area contributed by atoms with Crippen LogP contribution in [0.25, 0.3) is 0 Å². The monoisotopic (exact) mass is 246 g/mol. The van der Waals surface area contributed by atoms with Crippen LogP contribution in [-0.4, -0.2) is 6.04 Å². The van der Waals surface area contributed by atoms with E-state index in [0.717, 1.165) is 18.5 Å². The lowest BCUT2D eigenvalue weighted by Crippen LogP contribution is -2.29. The first-order chi connectivity index (χ1) is 8.50. The standard InChI is InChI=1S/C15H19FN2/c1-15(2)7-5-12(6-8-15)18-13-3-4-14(16)11(9-13)10-17/h3-4,9,12,18H,5-8H2,1-2H3. The first-order valence-corrected chi connectivity index (χ1v) is 6.46. The van der Waals surface area contributed by atoms with Crippen molar-refractivity contribution < 1.29 is 4.39 Å². The lowest BCUT2D eigenvalue weighted by molar-refractivity contribution is 0.232. The van der Waals surface area contributed by atoms with E-state index in [0.29, 0.717) is 11.5 Å². The molecule has 96 valence electrons. The largest absolute Gasteiger partial charge is 0.382 e. The summed E-state index contributed by atoms with van der Waals surface area (Å²) in [6.45, 7) is 4.60. The fourth-order valence-corrected chi connectivity index (χ4v) is 2.48. The van der Waals surface area contributed by atoms with Crippen LogP contribution in [0.1, 0.15) is 45.1 Å². The lowest BCUT2D eigenvalue weighted by atomic mass is 9.75. The van der Waals surface area contributed by atoms with E-state index in [1.165, 1.54) is 18.9 Å². The molecule has 1 saturated carbocycles. The van der Waals surface area contributed by atoms with Crippen LogP contribution < -0.4 is 5.32 Å². The van der Waals surface area contributed by atoms with Crippen LogP contribution in [0.5, 0.6) is 0 Å². The van der Waals surface area contributed by atoms with Gasteiger partial charge < -0.3 is 5.32 Å². The first-order valence-electron chi connectivity index (χ1n) is 6.46. The fourth-order valence-electron chi connectivity index (χ4n) is 2.48. The second kappa shape index (κ2) is 4.97. The zero-order valence-corrected chi connectivity index (χ0v) is 11.0. The van der Waals surface area contributed by atoms with Gasteiger partial charge in [0.1, 0.15) is 11.9 Å². The van der Waals surface area contributed by atoms with Crippen molar-refractivity contribution in [1.29, 1.82) is 5.26 Å². The summed E-state index contributed by atoms with van der Waals surface area (Å²) in [4.78, 5) is 0. The molecule has 1 fully saturated rings. The smallest absolute Gasteiger partial charge is 0.141 e. The van der Waals surface area contributed by atoms with Gasteiger partial charge in [0.25, 0.3) is 0 Å². The van der Waals surface area contributed by atoms with Gasteiger partial charge in [-0.1, -0.05) is 13.8 Å². The van der Waals surface area contributed by atoms with Gasteiger partial charge in [-0.3, -0.25) is 0 Å². The average molecular weight is 246 g/mol. The van der Waals surface area contributed by atoms with E-state index in [-0.39, 0.29) is 5.56 Å². The van der Waals surface area contributed by atoms with Crippen molar-refractivity contribution in [2.75, 3.05) is 5.32 Å². The summed E-state index contributed by atoms with van der Waals surface area (Å²) in [5, 5.41) is 12.2. The summed E-state index contributed by atoms with van der Waals surface area (Å²) in [5.41, 5.74) is 1.40. The Morgan fingerprint density at radius 2 is 2.00 bits per heavy atom. The fraction of sp³-hybridized carbons (Fsp3) is 0.533. The van der Waals surface area contributed by atoms with Gasteiger partial charge in [-0.05, 0) is 49.3 Å². The zero-order chi connectivity index (χ0) is 13.2. The Morgan fingerprint density at radius 1 is 1.33 bits per heavy atom. The maximum atomic E-state index is 13.2. The van der Waals surface area contributed by atoms with Gasteiger partial charge >= 0.3 is 0 Å².